The summed E-state index contributed by atoms with van der Waals surface area (Å²) in [7, 11) is 0. The highest BCUT2D eigenvalue weighted by Gasteiger charge is 2.19. The summed E-state index contributed by atoms with van der Waals surface area (Å²) in [5.74, 6) is -0.359. The maximum absolute atomic E-state index is 12.0. The quantitative estimate of drug-likeness (QED) is 0.541. The molecular formula is C13H18N2O2. The molecule has 0 heterocycles. The molecule has 1 aliphatic carbocycles. The molecule has 2 rings (SSSR count). The minimum atomic E-state index is -0.235. The molecule has 1 aliphatic rings. The molecule has 0 bridgehead atoms. The molecule has 4 heteroatoms. The van der Waals surface area contributed by atoms with E-state index in [1.165, 1.54) is 6.42 Å². The Morgan fingerprint density at radius 1 is 1.29 bits per heavy atom. The van der Waals surface area contributed by atoms with Gasteiger partial charge in [0.1, 0.15) is 0 Å². The van der Waals surface area contributed by atoms with Crippen LogP contribution in [0.3, 0.4) is 0 Å². The van der Waals surface area contributed by atoms with Gasteiger partial charge in [-0.25, -0.2) is 0 Å². The molecule has 0 atom stereocenters. The molecule has 0 aliphatic heterocycles. The summed E-state index contributed by atoms with van der Waals surface area (Å²) >= 11 is 0. The molecule has 0 unspecified atom stereocenters. The Kier molecular flexibility index (Phi) is 3.52. The Hall–Kier alpha value is -1.71. The third-order valence-corrected chi connectivity index (χ3v) is 3.25. The average Bonchev–Trinajstić information content (AvgIpc) is 2.34. The topological polar surface area (TPSA) is 75.4 Å². The number of carbonyl (C=O) groups excluding carboxylic acids is 1. The first-order valence-corrected chi connectivity index (χ1v) is 6.07. The molecule has 0 aromatic heterocycles. The molecule has 4 N–H and O–H groups in total. The first kappa shape index (κ1) is 11.8. The van der Waals surface area contributed by atoms with Gasteiger partial charge >= 0.3 is 0 Å². The van der Waals surface area contributed by atoms with Gasteiger partial charge in [-0.1, -0.05) is 25.3 Å². The van der Waals surface area contributed by atoms with Crippen molar-refractivity contribution in [3.8, 4) is 5.75 Å². The average molecular weight is 234 g/mol. The Morgan fingerprint density at radius 3 is 2.71 bits per heavy atom. The SMILES string of the molecule is Nc1cccc(C(=O)NC2CCCCC2)c1O. The molecular weight excluding hydrogens is 216 g/mol. The number of nitrogens with one attached hydrogen (secondary N) is 1. The lowest BCUT2D eigenvalue weighted by molar-refractivity contribution is 0.0925. The second kappa shape index (κ2) is 5.08. The van der Waals surface area contributed by atoms with Crippen LogP contribution >= 0.6 is 0 Å². The summed E-state index contributed by atoms with van der Waals surface area (Å²) in [6, 6.07) is 5.07. The molecule has 0 spiro atoms. The number of amides is 1. The third kappa shape index (κ3) is 2.70. The molecule has 17 heavy (non-hydrogen) atoms. The number of nitrogens with two attached hydrogens (primary N) is 1. The minimum Gasteiger partial charge on any atom is -0.505 e. The van der Waals surface area contributed by atoms with E-state index in [0.717, 1.165) is 25.7 Å². The highest BCUT2D eigenvalue weighted by atomic mass is 16.3. The Bertz CT molecular complexity index is 412. The standard InChI is InChI=1S/C13H18N2O2/c14-11-8-4-7-10(12(11)16)13(17)15-9-5-2-1-3-6-9/h4,7-9,16H,1-3,5-6,14H2,(H,15,17). The lowest BCUT2D eigenvalue weighted by Crippen LogP contribution is -2.36. The number of rotatable bonds is 2. The van der Waals surface area contributed by atoms with E-state index in [0.29, 0.717) is 0 Å². The number of anilines is 1. The van der Waals surface area contributed by atoms with Crippen LogP contribution in [0.25, 0.3) is 0 Å². The van der Waals surface area contributed by atoms with Crippen molar-refractivity contribution in [2.75, 3.05) is 5.73 Å². The zero-order valence-electron chi connectivity index (χ0n) is 9.78. The van der Waals surface area contributed by atoms with Crippen LogP contribution < -0.4 is 11.1 Å². The maximum Gasteiger partial charge on any atom is 0.255 e. The summed E-state index contributed by atoms with van der Waals surface area (Å²) in [6.07, 6.45) is 5.61. The number of nitrogen functional groups attached to an aromatic ring is 1. The van der Waals surface area contributed by atoms with Crippen LogP contribution in [-0.4, -0.2) is 17.1 Å². The van der Waals surface area contributed by atoms with Crippen molar-refractivity contribution in [1.82, 2.24) is 5.32 Å². The normalized spacial score (nSPS) is 16.7. The van der Waals surface area contributed by atoms with Gasteiger partial charge in [0.15, 0.2) is 5.75 Å². The van der Waals surface area contributed by atoms with Crippen LogP contribution in [0.2, 0.25) is 0 Å². The van der Waals surface area contributed by atoms with Gasteiger partial charge in [-0.15, -0.1) is 0 Å². The Labute approximate surface area is 101 Å². The van der Waals surface area contributed by atoms with Crippen molar-refractivity contribution in [2.24, 2.45) is 0 Å². The van der Waals surface area contributed by atoms with Crippen molar-refractivity contribution < 1.29 is 9.90 Å². The first-order valence-electron chi connectivity index (χ1n) is 6.07. The second-order valence-electron chi connectivity index (χ2n) is 4.55. The zero-order valence-corrected chi connectivity index (χ0v) is 9.78. The fraction of sp³-hybridized carbons (Fsp3) is 0.462. The number of hydrogen-bond donors (Lipinski definition) is 3. The number of para-hydroxylation sites is 1. The number of carbonyl (C=O) groups is 1. The van der Waals surface area contributed by atoms with Crippen LogP contribution in [0.5, 0.6) is 5.75 Å². The van der Waals surface area contributed by atoms with Crippen molar-refractivity contribution >= 4 is 11.6 Å². The van der Waals surface area contributed by atoms with Crippen molar-refractivity contribution in [2.45, 2.75) is 38.1 Å². The number of phenolic OH excluding ortho intramolecular Hbond substituents is 1. The molecule has 1 aromatic carbocycles. The minimum absolute atomic E-state index is 0.124. The van der Waals surface area contributed by atoms with Gasteiger partial charge < -0.3 is 16.2 Å². The largest absolute Gasteiger partial charge is 0.505 e. The van der Waals surface area contributed by atoms with E-state index in [9.17, 15) is 9.90 Å². The van der Waals surface area contributed by atoms with E-state index >= 15 is 0 Å². The van der Waals surface area contributed by atoms with Crippen LogP contribution in [0.1, 0.15) is 42.5 Å². The van der Waals surface area contributed by atoms with Gasteiger partial charge in [-0.05, 0) is 25.0 Å². The molecule has 92 valence electrons. The van der Waals surface area contributed by atoms with E-state index in [1.807, 2.05) is 0 Å². The van der Waals surface area contributed by atoms with Crippen LogP contribution in [0, 0.1) is 0 Å². The number of aromatic hydroxyl groups is 1. The fourth-order valence-electron chi connectivity index (χ4n) is 2.25. The van der Waals surface area contributed by atoms with Crippen LogP contribution in [0.4, 0.5) is 5.69 Å². The van der Waals surface area contributed by atoms with Gasteiger partial charge in [-0.3, -0.25) is 4.79 Å². The summed E-state index contributed by atoms with van der Waals surface area (Å²) in [5.41, 5.74) is 6.06. The van der Waals surface area contributed by atoms with E-state index in [1.54, 1.807) is 18.2 Å². The molecule has 1 fully saturated rings. The van der Waals surface area contributed by atoms with Gasteiger partial charge in [0.25, 0.3) is 5.91 Å². The van der Waals surface area contributed by atoms with E-state index in [4.69, 9.17) is 5.73 Å². The van der Waals surface area contributed by atoms with Crippen LogP contribution in [-0.2, 0) is 0 Å². The summed E-state index contributed by atoms with van der Waals surface area (Å²) in [5, 5.41) is 12.7. The lowest BCUT2D eigenvalue weighted by Gasteiger charge is -2.23. The first-order chi connectivity index (χ1) is 8.18. The Balaban J connectivity index is 2.06. The van der Waals surface area contributed by atoms with Gasteiger partial charge in [0, 0.05) is 6.04 Å². The van der Waals surface area contributed by atoms with Gasteiger partial charge in [0.05, 0.1) is 11.3 Å². The molecule has 1 aromatic rings. The second-order valence-corrected chi connectivity index (χ2v) is 4.55. The third-order valence-electron chi connectivity index (χ3n) is 3.25. The highest BCUT2D eigenvalue weighted by molar-refractivity contribution is 5.98. The number of hydrogen-bond acceptors (Lipinski definition) is 3. The number of benzene rings is 1. The van der Waals surface area contributed by atoms with Crippen LogP contribution in [0.15, 0.2) is 18.2 Å². The van der Waals surface area contributed by atoms with Crippen molar-refractivity contribution in [3.05, 3.63) is 23.8 Å². The molecule has 4 nitrogen and oxygen atoms in total. The fourth-order valence-corrected chi connectivity index (χ4v) is 2.25. The monoisotopic (exact) mass is 234 g/mol. The van der Waals surface area contributed by atoms with Gasteiger partial charge in [-0.2, -0.15) is 0 Å². The van der Waals surface area contributed by atoms with Crippen molar-refractivity contribution in [3.63, 3.8) is 0 Å². The predicted molar refractivity (Wildman–Crippen MR) is 66.9 cm³/mol. The van der Waals surface area contributed by atoms with E-state index in [2.05, 4.69) is 5.32 Å². The summed E-state index contributed by atoms with van der Waals surface area (Å²) in [6.45, 7) is 0. The Morgan fingerprint density at radius 2 is 2.00 bits per heavy atom. The maximum atomic E-state index is 12.0. The number of phenols is 1. The predicted octanol–water partition coefficient (Wildman–Crippen LogP) is 2.04. The molecule has 1 amide bonds. The van der Waals surface area contributed by atoms with E-state index < -0.39 is 0 Å². The molecule has 1 saturated carbocycles. The lowest BCUT2D eigenvalue weighted by atomic mass is 9.95. The highest BCUT2D eigenvalue weighted by Crippen LogP contribution is 2.25. The van der Waals surface area contributed by atoms with E-state index in [-0.39, 0.29) is 28.9 Å². The summed E-state index contributed by atoms with van der Waals surface area (Å²) < 4.78 is 0. The molecule has 0 radical (unpaired) electrons. The smallest absolute Gasteiger partial charge is 0.255 e. The van der Waals surface area contributed by atoms with Crippen molar-refractivity contribution in [1.29, 1.82) is 0 Å². The zero-order chi connectivity index (χ0) is 12.3. The van der Waals surface area contributed by atoms with Gasteiger partial charge in [0.2, 0.25) is 0 Å². The molecule has 0 saturated heterocycles. The summed E-state index contributed by atoms with van der Waals surface area (Å²) in [4.78, 5) is 12.0.